The summed E-state index contributed by atoms with van der Waals surface area (Å²) in [5, 5.41) is 14.0. The van der Waals surface area contributed by atoms with E-state index in [1.54, 1.807) is 44.6 Å². The number of amidine groups is 1. The molecule has 2 rings (SSSR count). The average molecular weight is 288 g/mol. The van der Waals surface area contributed by atoms with Crippen LogP contribution in [0.5, 0.6) is 5.75 Å². The molecular weight excluding hydrogens is 271 g/mol. The monoisotopic (exact) mass is 288 g/mol. The molecule has 0 saturated carbocycles. The van der Waals surface area contributed by atoms with Crippen LogP contribution in [0.15, 0.2) is 47.2 Å². The molecule has 0 bridgehead atoms. The van der Waals surface area contributed by atoms with E-state index in [1.807, 2.05) is 6.07 Å². The lowest BCUT2D eigenvalue weighted by atomic mass is 10.1. The molecule has 1 aliphatic heterocycles. The molecule has 0 aliphatic carbocycles. The standard InChI is InChI=1S/C15H17FN4O/c1-10-7-11(3-4-14(10)21-16)8-19-9-12-13(17)5-6-20-15(12)18-2/h3-7,9,17,19H,8H2,1-2H3,(H,18,20)/b12-9+,17-13?. The van der Waals surface area contributed by atoms with Crippen molar-refractivity contribution in [1.29, 1.82) is 5.41 Å². The van der Waals surface area contributed by atoms with Crippen LogP contribution < -0.4 is 15.6 Å². The predicted octanol–water partition coefficient (Wildman–Crippen LogP) is 2.40. The van der Waals surface area contributed by atoms with Crippen LogP contribution >= 0.6 is 0 Å². The summed E-state index contributed by atoms with van der Waals surface area (Å²) in [5.41, 5.74) is 2.81. The summed E-state index contributed by atoms with van der Waals surface area (Å²) in [6, 6.07) is 5.22. The molecule has 1 heterocycles. The van der Waals surface area contributed by atoms with Crippen molar-refractivity contribution in [2.24, 2.45) is 4.99 Å². The van der Waals surface area contributed by atoms with Crippen LogP contribution in [0.1, 0.15) is 11.1 Å². The summed E-state index contributed by atoms with van der Waals surface area (Å²) < 4.78 is 12.2. The van der Waals surface area contributed by atoms with E-state index in [4.69, 9.17) is 5.41 Å². The first-order valence-corrected chi connectivity index (χ1v) is 6.48. The number of likely N-dealkylation sites (N-methyl/N-ethyl adjacent to an activating group) is 1. The molecular formula is C15H17FN4O. The molecule has 1 aliphatic rings. The highest BCUT2D eigenvalue weighted by Gasteiger charge is 2.12. The first kappa shape index (κ1) is 14.8. The Hall–Kier alpha value is -2.63. The number of halogens is 1. The Balaban J connectivity index is 2.05. The fourth-order valence-electron chi connectivity index (χ4n) is 2.00. The summed E-state index contributed by atoms with van der Waals surface area (Å²) in [6.07, 6.45) is 4.96. The van der Waals surface area contributed by atoms with Gasteiger partial charge in [0.05, 0.1) is 11.3 Å². The van der Waals surface area contributed by atoms with Gasteiger partial charge < -0.3 is 16.0 Å². The van der Waals surface area contributed by atoms with E-state index < -0.39 is 0 Å². The van der Waals surface area contributed by atoms with Crippen molar-refractivity contribution in [1.82, 2.24) is 10.6 Å². The topological polar surface area (TPSA) is 69.5 Å². The minimum absolute atomic E-state index is 0.223. The molecule has 0 fully saturated rings. The molecule has 0 spiro atoms. The number of hydrogen-bond acceptors (Lipinski definition) is 5. The Morgan fingerprint density at radius 3 is 2.90 bits per heavy atom. The van der Waals surface area contributed by atoms with Crippen molar-refractivity contribution in [3.63, 3.8) is 0 Å². The molecule has 1 aromatic rings. The zero-order valence-corrected chi connectivity index (χ0v) is 11.9. The zero-order chi connectivity index (χ0) is 15.2. The van der Waals surface area contributed by atoms with Crippen LogP contribution in [-0.4, -0.2) is 18.6 Å². The normalized spacial score (nSPS) is 15.9. The van der Waals surface area contributed by atoms with Gasteiger partial charge in [0, 0.05) is 30.5 Å². The van der Waals surface area contributed by atoms with Crippen molar-refractivity contribution in [3.8, 4) is 5.75 Å². The van der Waals surface area contributed by atoms with Crippen molar-refractivity contribution in [2.75, 3.05) is 7.05 Å². The molecule has 5 nitrogen and oxygen atoms in total. The molecule has 0 aromatic heterocycles. The first-order chi connectivity index (χ1) is 10.2. The molecule has 0 amide bonds. The fourth-order valence-corrected chi connectivity index (χ4v) is 2.00. The van der Waals surface area contributed by atoms with E-state index in [-0.39, 0.29) is 5.75 Å². The highest BCUT2D eigenvalue weighted by atomic mass is 19.3. The third-order valence-electron chi connectivity index (χ3n) is 3.10. The fraction of sp³-hybridized carbons (Fsp3) is 0.200. The van der Waals surface area contributed by atoms with Gasteiger partial charge in [-0.05, 0) is 30.2 Å². The van der Waals surface area contributed by atoms with E-state index in [0.717, 1.165) is 11.1 Å². The third-order valence-corrected chi connectivity index (χ3v) is 3.10. The summed E-state index contributed by atoms with van der Waals surface area (Å²) in [4.78, 5) is 7.91. The number of rotatable bonds is 4. The predicted molar refractivity (Wildman–Crippen MR) is 81.2 cm³/mol. The third kappa shape index (κ3) is 3.47. The molecule has 0 atom stereocenters. The first-order valence-electron chi connectivity index (χ1n) is 6.48. The van der Waals surface area contributed by atoms with Gasteiger partial charge in [0.25, 0.3) is 0 Å². The number of allylic oxidation sites excluding steroid dienone is 1. The molecule has 21 heavy (non-hydrogen) atoms. The lowest BCUT2D eigenvalue weighted by Gasteiger charge is -2.13. The van der Waals surface area contributed by atoms with Gasteiger partial charge in [-0.15, -0.1) is 0 Å². The van der Waals surface area contributed by atoms with Gasteiger partial charge in [-0.1, -0.05) is 12.1 Å². The molecule has 1 aromatic carbocycles. The van der Waals surface area contributed by atoms with Gasteiger partial charge in [0.2, 0.25) is 0 Å². The van der Waals surface area contributed by atoms with Crippen molar-refractivity contribution in [2.45, 2.75) is 13.5 Å². The van der Waals surface area contributed by atoms with Crippen LogP contribution in [0.3, 0.4) is 0 Å². The minimum Gasteiger partial charge on any atom is -0.386 e. The molecule has 0 saturated heterocycles. The highest BCUT2D eigenvalue weighted by Crippen LogP contribution is 2.19. The Bertz CT molecular complexity index is 635. The lowest BCUT2D eigenvalue weighted by molar-refractivity contribution is -0.00702. The number of nitrogens with one attached hydrogen (secondary N) is 3. The molecule has 0 radical (unpaired) electrons. The number of aryl methyl sites for hydroxylation is 1. The Labute approximate surface area is 122 Å². The van der Waals surface area contributed by atoms with Crippen LogP contribution in [0.2, 0.25) is 0 Å². The SMILES string of the molecule is CNC1=NC=CC(=N)/C1=C\NCc1ccc(OF)c(C)c1. The maximum absolute atomic E-state index is 12.2. The van der Waals surface area contributed by atoms with Crippen molar-refractivity contribution >= 4 is 11.5 Å². The van der Waals surface area contributed by atoms with Gasteiger partial charge in [-0.2, -0.15) is 0 Å². The van der Waals surface area contributed by atoms with Gasteiger partial charge in [-0.3, -0.25) is 4.94 Å². The minimum atomic E-state index is 0.223. The van der Waals surface area contributed by atoms with Crippen LogP contribution in [-0.2, 0) is 6.54 Å². The largest absolute Gasteiger partial charge is 0.386 e. The second-order valence-corrected chi connectivity index (χ2v) is 4.57. The van der Waals surface area contributed by atoms with Crippen LogP contribution in [0.4, 0.5) is 4.53 Å². The number of benzene rings is 1. The number of hydrogen-bond donors (Lipinski definition) is 3. The lowest BCUT2D eigenvalue weighted by Crippen LogP contribution is -2.27. The highest BCUT2D eigenvalue weighted by molar-refractivity contribution is 6.27. The van der Waals surface area contributed by atoms with Crippen LogP contribution in [0, 0.1) is 12.3 Å². The average Bonchev–Trinajstić information content (AvgIpc) is 2.49. The van der Waals surface area contributed by atoms with E-state index in [0.29, 0.717) is 23.7 Å². The summed E-state index contributed by atoms with van der Waals surface area (Å²) in [5.74, 6) is 0.869. The Kier molecular flexibility index (Phi) is 4.71. The zero-order valence-electron chi connectivity index (χ0n) is 11.9. The van der Waals surface area contributed by atoms with E-state index in [2.05, 4.69) is 20.6 Å². The smallest absolute Gasteiger partial charge is 0.174 e. The van der Waals surface area contributed by atoms with Gasteiger partial charge in [0.15, 0.2) is 5.75 Å². The van der Waals surface area contributed by atoms with E-state index >= 15 is 0 Å². The van der Waals surface area contributed by atoms with Crippen LogP contribution in [0.25, 0.3) is 0 Å². The van der Waals surface area contributed by atoms with Gasteiger partial charge >= 0.3 is 0 Å². The molecule has 6 heteroatoms. The summed E-state index contributed by atoms with van der Waals surface area (Å²) >= 11 is 0. The maximum atomic E-state index is 12.2. The molecule has 110 valence electrons. The quantitative estimate of drug-likeness (QED) is 0.797. The number of aliphatic imine (C=N–C) groups is 1. The Morgan fingerprint density at radius 2 is 2.24 bits per heavy atom. The summed E-state index contributed by atoms with van der Waals surface area (Å²) in [7, 11) is 1.76. The number of nitrogens with zero attached hydrogens (tertiary/aromatic N) is 1. The van der Waals surface area contributed by atoms with E-state index in [1.165, 1.54) is 0 Å². The van der Waals surface area contributed by atoms with Crippen molar-refractivity contribution in [3.05, 3.63) is 53.4 Å². The van der Waals surface area contributed by atoms with Crippen molar-refractivity contribution < 1.29 is 9.47 Å². The van der Waals surface area contributed by atoms with E-state index in [9.17, 15) is 4.53 Å². The second-order valence-electron chi connectivity index (χ2n) is 4.57. The Morgan fingerprint density at radius 1 is 1.43 bits per heavy atom. The summed E-state index contributed by atoms with van der Waals surface area (Å²) in [6.45, 7) is 2.34. The molecule has 0 unspecified atom stereocenters. The van der Waals surface area contributed by atoms with Gasteiger partial charge in [-0.25, -0.2) is 4.99 Å². The molecule has 3 N–H and O–H groups in total. The maximum Gasteiger partial charge on any atom is 0.174 e. The second kappa shape index (κ2) is 6.69. The van der Waals surface area contributed by atoms with Gasteiger partial charge in [0.1, 0.15) is 5.84 Å².